The SMILES string of the molecule is C#CC1=c2ccc([nH]2)=C(CCCCCCC)c2ccc([nH]2)C(c2nccn2C)=c2ccc([nH]2)=C(CCCCCCC)c2ccc1[nH]2. The number of H-pyrrole nitrogens is 4. The van der Waals surface area contributed by atoms with Crippen LogP contribution in [0.4, 0.5) is 0 Å². The summed E-state index contributed by atoms with van der Waals surface area (Å²) in [6.07, 6.45) is 24.3. The van der Waals surface area contributed by atoms with Crippen molar-refractivity contribution in [3.8, 4) is 12.3 Å². The fraction of sp³-hybridized carbons (Fsp3) is 0.375. The van der Waals surface area contributed by atoms with Gasteiger partial charge in [-0.3, -0.25) is 0 Å². The third kappa shape index (κ3) is 6.65. The molecule has 6 rings (SSSR count). The normalized spacial score (nSPS) is 13.1. The number of aromatic nitrogens is 6. The quantitative estimate of drug-likeness (QED) is 0.0921. The Balaban J connectivity index is 1.58. The van der Waals surface area contributed by atoms with Gasteiger partial charge in [0, 0.05) is 41.5 Å². The van der Waals surface area contributed by atoms with Crippen molar-refractivity contribution in [1.82, 2.24) is 29.5 Å². The number of aryl methyl sites for hydroxylation is 1. The van der Waals surface area contributed by atoms with Crippen LogP contribution in [0, 0.1) is 12.3 Å². The highest BCUT2D eigenvalue weighted by atomic mass is 15.0. The van der Waals surface area contributed by atoms with Crippen molar-refractivity contribution in [3.63, 3.8) is 0 Å². The van der Waals surface area contributed by atoms with Crippen LogP contribution in [0.1, 0.15) is 119 Å². The number of hydrogen-bond donors (Lipinski definition) is 4. The van der Waals surface area contributed by atoms with Crippen LogP contribution in [0.5, 0.6) is 0 Å². The number of terminal acetylenes is 1. The van der Waals surface area contributed by atoms with Gasteiger partial charge in [0.25, 0.3) is 0 Å². The lowest BCUT2D eigenvalue weighted by Gasteiger charge is -2.08. The van der Waals surface area contributed by atoms with Gasteiger partial charge in [-0.15, -0.1) is 6.42 Å². The van der Waals surface area contributed by atoms with Gasteiger partial charge in [0.1, 0.15) is 5.82 Å². The summed E-state index contributed by atoms with van der Waals surface area (Å²) in [6.45, 7) is 4.53. The fourth-order valence-electron chi connectivity index (χ4n) is 6.80. The summed E-state index contributed by atoms with van der Waals surface area (Å²) in [4.78, 5) is 19.9. The third-order valence-corrected chi connectivity index (χ3v) is 9.37. The van der Waals surface area contributed by atoms with Gasteiger partial charge in [-0.2, -0.15) is 0 Å². The summed E-state index contributed by atoms with van der Waals surface area (Å²) in [5.74, 6) is 3.91. The van der Waals surface area contributed by atoms with Crippen molar-refractivity contribution in [1.29, 1.82) is 0 Å². The number of hydrogen-bond acceptors (Lipinski definition) is 1. The second-order valence-corrected chi connectivity index (χ2v) is 12.7. The second-order valence-electron chi connectivity index (χ2n) is 12.7. The lowest BCUT2D eigenvalue weighted by atomic mass is 10.0. The van der Waals surface area contributed by atoms with E-state index in [4.69, 9.17) is 11.4 Å². The first-order chi connectivity index (χ1) is 22.6. The van der Waals surface area contributed by atoms with Crippen LogP contribution in [0.15, 0.2) is 60.9 Å². The molecule has 6 heteroatoms. The summed E-state index contributed by atoms with van der Waals surface area (Å²) in [7, 11) is 2.06. The van der Waals surface area contributed by atoms with E-state index in [2.05, 4.69) is 99.8 Å². The average Bonchev–Trinajstić information content (AvgIpc) is 3.90. The molecule has 46 heavy (non-hydrogen) atoms. The van der Waals surface area contributed by atoms with Crippen molar-refractivity contribution >= 4 is 22.3 Å². The summed E-state index contributed by atoms with van der Waals surface area (Å²) in [5.41, 5.74) is 8.67. The minimum atomic E-state index is 0.846. The zero-order valence-corrected chi connectivity index (χ0v) is 27.7. The number of imidazole rings is 1. The smallest absolute Gasteiger partial charge is 0.143 e. The summed E-state index contributed by atoms with van der Waals surface area (Å²) < 4.78 is 2.09. The second kappa shape index (κ2) is 14.6. The van der Waals surface area contributed by atoms with Crippen LogP contribution >= 0.6 is 0 Å². The van der Waals surface area contributed by atoms with Gasteiger partial charge >= 0.3 is 0 Å². The van der Waals surface area contributed by atoms with E-state index in [0.717, 1.165) is 86.8 Å². The number of fused-ring (bicyclic) bond motifs is 8. The maximum Gasteiger partial charge on any atom is 0.143 e. The fourth-order valence-corrected chi connectivity index (χ4v) is 6.80. The molecule has 0 spiro atoms. The Labute approximate surface area is 272 Å². The first kappa shape index (κ1) is 31.4. The van der Waals surface area contributed by atoms with Crippen molar-refractivity contribution in [2.24, 2.45) is 7.05 Å². The maximum atomic E-state index is 6.19. The van der Waals surface area contributed by atoms with E-state index in [1.807, 2.05) is 12.4 Å². The zero-order valence-electron chi connectivity index (χ0n) is 27.7. The van der Waals surface area contributed by atoms with Gasteiger partial charge in [0.05, 0.1) is 33.2 Å². The molecule has 0 fully saturated rings. The topological polar surface area (TPSA) is 81.0 Å². The predicted octanol–water partition coefficient (Wildman–Crippen LogP) is 6.24. The molecule has 5 aromatic heterocycles. The maximum absolute atomic E-state index is 6.19. The Bertz CT molecular complexity index is 2060. The van der Waals surface area contributed by atoms with Gasteiger partial charge in [-0.05, 0) is 85.4 Å². The van der Waals surface area contributed by atoms with E-state index in [1.54, 1.807) is 0 Å². The molecule has 0 atom stereocenters. The standard InChI is InChI=1S/C40H48N6/c1-5-8-10-12-14-16-29-33-20-18-31(42-33)28(7-3)32-19-21-34(43-32)30(17-15-13-11-9-6-2)36-23-25-38(45-36)39(37-24-22-35(29)44-37)40-41-26-27-46(40)4/h3,18-27,42-45H,5-6,8-17H2,1-2,4H3. The number of nitrogens with one attached hydrogen (secondary N) is 4. The van der Waals surface area contributed by atoms with E-state index in [0.29, 0.717) is 0 Å². The first-order valence-corrected chi connectivity index (χ1v) is 17.3. The van der Waals surface area contributed by atoms with E-state index in [1.165, 1.54) is 62.5 Å². The van der Waals surface area contributed by atoms with E-state index < -0.39 is 0 Å². The Kier molecular flexibility index (Phi) is 9.98. The largest absolute Gasteiger partial charge is 0.355 e. The molecule has 4 N–H and O–H groups in total. The Morgan fingerprint density at radius 2 is 1.13 bits per heavy atom. The lowest BCUT2D eigenvalue weighted by molar-refractivity contribution is 0.639. The molecule has 0 aromatic carbocycles. The molecule has 5 aromatic rings. The van der Waals surface area contributed by atoms with E-state index >= 15 is 0 Å². The minimum Gasteiger partial charge on any atom is -0.355 e. The van der Waals surface area contributed by atoms with E-state index in [9.17, 15) is 0 Å². The Hall–Kier alpha value is -4.63. The predicted molar refractivity (Wildman–Crippen MR) is 190 cm³/mol. The van der Waals surface area contributed by atoms with Gasteiger partial charge in [0.15, 0.2) is 0 Å². The molecule has 0 saturated carbocycles. The molecular weight excluding hydrogens is 564 g/mol. The molecular formula is C40H48N6. The van der Waals surface area contributed by atoms with Gasteiger partial charge in [-0.25, -0.2) is 4.98 Å². The molecule has 8 bridgehead atoms. The molecule has 0 aliphatic carbocycles. The lowest BCUT2D eigenvalue weighted by Crippen LogP contribution is -2.19. The molecule has 6 nitrogen and oxygen atoms in total. The number of aromatic amines is 4. The van der Waals surface area contributed by atoms with Crippen LogP contribution in [-0.4, -0.2) is 29.5 Å². The summed E-state index contributed by atoms with van der Waals surface area (Å²) >= 11 is 0. The average molecular weight is 613 g/mol. The monoisotopic (exact) mass is 612 g/mol. The number of unbranched alkanes of at least 4 members (excludes halogenated alkanes) is 8. The van der Waals surface area contributed by atoms with Crippen molar-refractivity contribution in [2.75, 3.05) is 0 Å². The molecule has 0 radical (unpaired) electrons. The zero-order chi connectivity index (χ0) is 31.9. The highest BCUT2D eigenvalue weighted by Gasteiger charge is 2.17. The molecule has 1 aliphatic rings. The minimum absolute atomic E-state index is 0.846. The van der Waals surface area contributed by atoms with Crippen LogP contribution in [0.25, 0.3) is 22.3 Å². The summed E-state index contributed by atoms with van der Waals surface area (Å²) in [6, 6.07) is 17.5. The van der Waals surface area contributed by atoms with Crippen LogP contribution in [0.3, 0.4) is 0 Å². The van der Waals surface area contributed by atoms with Gasteiger partial charge in [-0.1, -0.05) is 71.1 Å². The third-order valence-electron chi connectivity index (χ3n) is 9.37. The molecule has 238 valence electrons. The molecule has 6 heterocycles. The number of rotatable bonds is 13. The van der Waals surface area contributed by atoms with Crippen LogP contribution < -0.4 is 21.4 Å². The summed E-state index contributed by atoms with van der Waals surface area (Å²) in [5, 5.41) is 4.22. The highest BCUT2D eigenvalue weighted by Crippen LogP contribution is 2.25. The molecule has 1 aliphatic heterocycles. The van der Waals surface area contributed by atoms with Crippen LogP contribution in [0.2, 0.25) is 0 Å². The first-order valence-electron chi connectivity index (χ1n) is 17.3. The van der Waals surface area contributed by atoms with E-state index in [-0.39, 0.29) is 0 Å². The van der Waals surface area contributed by atoms with Gasteiger partial charge in [0.2, 0.25) is 0 Å². The van der Waals surface area contributed by atoms with Crippen molar-refractivity contribution < 1.29 is 0 Å². The van der Waals surface area contributed by atoms with Crippen LogP contribution in [-0.2, 0) is 7.05 Å². The van der Waals surface area contributed by atoms with Crippen molar-refractivity contribution in [3.05, 3.63) is 111 Å². The molecule has 0 amide bonds. The van der Waals surface area contributed by atoms with Gasteiger partial charge < -0.3 is 24.5 Å². The Morgan fingerprint density at radius 3 is 1.72 bits per heavy atom. The Morgan fingerprint density at radius 1 is 0.609 bits per heavy atom. The highest BCUT2D eigenvalue weighted by molar-refractivity contribution is 5.78. The number of nitrogens with zero attached hydrogens (tertiary/aromatic N) is 2. The molecule has 0 unspecified atom stereocenters. The van der Waals surface area contributed by atoms with Crippen molar-refractivity contribution in [2.45, 2.75) is 90.9 Å². The molecule has 0 saturated heterocycles.